The van der Waals surface area contributed by atoms with Crippen LogP contribution in [-0.4, -0.2) is 36.7 Å². The van der Waals surface area contributed by atoms with Crippen LogP contribution < -0.4 is 5.32 Å². The number of halogens is 1. The van der Waals surface area contributed by atoms with Gasteiger partial charge in [0.1, 0.15) is 0 Å². The topological polar surface area (TPSA) is 79.4 Å². The second-order valence-electron chi connectivity index (χ2n) is 5.05. The molecular weight excluding hydrogens is 358 g/mol. The van der Waals surface area contributed by atoms with Crippen LogP contribution in [0.3, 0.4) is 0 Å². The molecule has 122 valence electrons. The number of nitrogens with one attached hydrogen (secondary N) is 1. The molecule has 1 aliphatic heterocycles. The number of pyridine rings is 1. The Bertz CT molecular complexity index is 829. The molecule has 0 bridgehead atoms. The Morgan fingerprint density at radius 1 is 1.35 bits per heavy atom. The third-order valence-electron chi connectivity index (χ3n) is 3.51. The van der Waals surface area contributed by atoms with Gasteiger partial charge in [0.05, 0.1) is 15.5 Å². The van der Waals surface area contributed by atoms with Gasteiger partial charge in [-0.05, 0) is 31.0 Å². The molecule has 0 atom stereocenters. The maximum atomic E-state index is 12.5. The molecule has 9 heteroatoms. The summed E-state index contributed by atoms with van der Waals surface area (Å²) >= 11 is 6.98. The maximum absolute atomic E-state index is 12.5. The molecule has 1 aliphatic rings. The van der Waals surface area contributed by atoms with Crippen LogP contribution in [0.2, 0.25) is 5.15 Å². The summed E-state index contributed by atoms with van der Waals surface area (Å²) in [6.07, 6.45) is 3.26. The molecule has 23 heavy (non-hydrogen) atoms. The monoisotopic (exact) mass is 371 g/mol. The van der Waals surface area contributed by atoms with Crippen molar-refractivity contribution in [1.82, 2.24) is 9.29 Å². The van der Waals surface area contributed by atoms with Gasteiger partial charge in [-0.25, -0.2) is 13.4 Å². The van der Waals surface area contributed by atoms with Gasteiger partial charge in [-0.1, -0.05) is 11.6 Å². The zero-order valence-electron chi connectivity index (χ0n) is 12.0. The highest BCUT2D eigenvalue weighted by Gasteiger charge is 2.28. The number of sulfonamides is 1. The van der Waals surface area contributed by atoms with Gasteiger partial charge in [0.2, 0.25) is 10.0 Å². The molecule has 2 aromatic heterocycles. The minimum atomic E-state index is -3.51. The van der Waals surface area contributed by atoms with E-state index in [1.165, 1.54) is 21.9 Å². The lowest BCUT2D eigenvalue weighted by atomic mass is 10.4. The largest absolute Gasteiger partial charge is 0.319 e. The standard InChI is InChI=1S/C14H14ClN3O3S2/c15-13-11(4-3-5-16-13)17-14(19)12-8-10(9-22-12)23(20,21)18-6-1-2-7-18/h3-5,8-9H,1-2,6-7H2,(H,17,19). The first-order chi connectivity index (χ1) is 11.0. The number of hydrogen-bond donors (Lipinski definition) is 1. The summed E-state index contributed by atoms with van der Waals surface area (Å²) in [4.78, 5) is 16.6. The highest BCUT2D eigenvalue weighted by atomic mass is 35.5. The second-order valence-corrected chi connectivity index (χ2v) is 8.26. The van der Waals surface area contributed by atoms with Crippen molar-refractivity contribution in [1.29, 1.82) is 0 Å². The van der Waals surface area contributed by atoms with E-state index in [0.29, 0.717) is 23.7 Å². The molecule has 0 unspecified atom stereocenters. The van der Waals surface area contributed by atoms with Crippen molar-refractivity contribution in [3.8, 4) is 0 Å². The molecule has 1 amide bonds. The Balaban J connectivity index is 1.79. The predicted molar refractivity (Wildman–Crippen MR) is 89.5 cm³/mol. The quantitative estimate of drug-likeness (QED) is 0.838. The molecule has 0 aliphatic carbocycles. The Kier molecular flexibility index (Phi) is 4.67. The third-order valence-corrected chi connectivity index (χ3v) is 6.77. The number of nitrogens with zero attached hydrogens (tertiary/aromatic N) is 2. The number of aromatic nitrogens is 1. The van der Waals surface area contributed by atoms with Gasteiger partial charge in [-0.15, -0.1) is 11.3 Å². The highest BCUT2D eigenvalue weighted by molar-refractivity contribution is 7.89. The number of rotatable bonds is 4. The summed E-state index contributed by atoms with van der Waals surface area (Å²) < 4.78 is 26.4. The van der Waals surface area contributed by atoms with Crippen LogP contribution in [-0.2, 0) is 10.0 Å². The van der Waals surface area contributed by atoms with E-state index in [2.05, 4.69) is 10.3 Å². The molecule has 1 N–H and O–H groups in total. The van der Waals surface area contributed by atoms with Crippen molar-refractivity contribution in [3.05, 3.63) is 39.8 Å². The number of amides is 1. The van der Waals surface area contributed by atoms with Gasteiger partial charge < -0.3 is 5.32 Å². The number of carbonyl (C=O) groups is 1. The van der Waals surface area contributed by atoms with Gasteiger partial charge in [0.25, 0.3) is 5.91 Å². The summed E-state index contributed by atoms with van der Waals surface area (Å²) in [5, 5.41) is 4.31. The first-order valence-corrected chi connectivity index (χ1v) is 9.69. The van der Waals surface area contributed by atoms with Crippen LogP contribution in [0.25, 0.3) is 0 Å². The molecule has 1 fully saturated rings. The molecule has 0 aromatic carbocycles. The van der Waals surface area contributed by atoms with E-state index in [4.69, 9.17) is 11.6 Å². The first-order valence-electron chi connectivity index (χ1n) is 6.99. The Labute approximate surface area is 143 Å². The molecule has 0 saturated carbocycles. The SMILES string of the molecule is O=C(Nc1cccnc1Cl)c1cc(S(=O)(=O)N2CCCC2)cs1. The van der Waals surface area contributed by atoms with Crippen LogP contribution in [0.4, 0.5) is 5.69 Å². The molecule has 0 spiro atoms. The van der Waals surface area contributed by atoms with E-state index < -0.39 is 15.9 Å². The van der Waals surface area contributed by atoms with Crippen LogP contribution in [0.1, 0.15) is 22.5 Å². The second kappa shape index (κ2) is 6.56. The van der Waals surface area contributed by atoms with Crippen molar-refractivity contribution in [2.24, 2.45) is 0 Å². The van der Waals surface area contributed by atoms with Gasteiger partial charge in [0, 0.05) is 24.7 Å². The zero-order chi connectivity index (χ0) is 16.4. The summed E-state index contributed by atoms with van der Waals surface area (Å²) in [6.45, 7) is 1.07. The lowest BCUT2D eigenvalue weighted by molar-refractivity contribution is 0.103. The van der Waals surface area contributed by atoms with Crippen molar-refractivity contribution in [3.63, 3.8) is 0 Å². The maximum Gasteiger partial charge on any atom is 0.265 e. The zero-order valence-corrected chi connectivity index (χ0v) is 14.4. The number of thiophene rings is 1. The number of anilines is 1. The fraction of sp³-hybridized carbons (Fsp3) is 0.286. The average Bonchev–Trinajstić information content (AvgIpc) is 3.21. The molecule has 2 aromatic rings. The lowest BCUT2D eigenvalue weighted by Gasteiger charge is -2.13. The van der Waals surface area contributed by atoms with Gasteiger partial charge in [0.15, 0.2) is 5.15 Å². The summed E-state index contributed by atoms with van der Waals surface area (Å²) in [6, 6.07) is 4.68. The minimum absolute atomic E-state index is 0.159. The Morgan fingerprint density at radius 3 is 2.78 bits per heavy atom. The van der Waals surface area contributed by atoms with E-state index in [9.17, 15) is 13.2 Å². The molecule has 0 radical (unpaired) electrons. The lowest BCUT2D eigenvalue weighted by Crippen LogP contribution is -2.27. The van der Waals surface area contributed by atoms with Crippen molar-refractivity contribution >= 4 is 44.6 Å². The van der Waals surface area contributed by atoms with Crippen molar-refractivity contribution in [2.75, 3.05) is 18.4 Å². The van der Waals surface area contributed by atoms with E-state index in [1.54, 1.807) is 12.1 Å². The van der Waals surface area contributed by atoms with Gasteiger partial charge in [-0.2, -0.15) is 4.31 Å². The van der Waals surface area contributed by atoms with E-state index in [0.717, 1.165) is 24.2 Å². The Morgan fingerprint density at radius 2 is 2.09 bits per heavy atom. The molecule has 3 heterocycles. The Hall–Kier alpha value is -1.48. The smallest absolute Gasteiger partial charge is 0.265 e. The van der Waals surface area contributed by atoms with Gasteiger partial charge in [-0.3, -0.25) is 4.79 Å². The third kappa shape index (κ3) is 3.40. The van der Waals surface area contributed by atoms with Gasteiger partial charge >= 0.3 is 0 Å². The summed E-state index contributed by atoms with van der Waals surface area (Å²) in [5.41, 5.74) is 0.386. The normalized spacial score (nSPS) is 15.7. The van der Waals surface area contributed by atoms with Crippen molar-refractivity contribution < 1.29 is 13.2 Å². The van der Waals surface area contributed by atoms with Crippen LogP contribution in [0.15, 0.2) is 34.7 Å². The van der Waals surface area contributed by atoms with Crippen LogP contribution >= 0.6 is 22.9 Å². The van der Waals surface area contributed by atoms with Crippen LogP contribution in [0, 0.1) is 0 Å². The van der Waals surface area contributed by atoms with E-state index in [-0.39, 0.29) is 10.0 Å². The van der Waals surface area contributed by atoms with E-state index >= 15 is 0 Å². The van der Waals surface area contributed by atoms with Crippen LogP contribution in [0.5, 0.6) is 0 Å². The number of carbonyl (C=O) groups excluding carboxylic acids is 1. The molecule has 1 saturated heterocycles. The summed E-state index contributed by atoms with van der Waals surface area (Å²) in [7, 11) is -3.51. The molecule has 6 nitrogen and oxygen atoms in total. The first kappa shape index (κ1) is 16.4. The number of hydrogen-bond acceptors (Lipinski definition) is 5. The fourth-order valence-electron chi connectivity index (χ4n) is 2.31. The highest BCUT2D eigenvalue weighted by Crippen LogP contribution is 2.26. The molecular formula is C14H14ClN3O3S2. The van der Waals surface area contributed by atoms with Crippen molar-refractivity contribution in [2.45, 2.75) is 17.7 Å². The van der Waals surface area contributed by atoms with E-state index in [1.807, 2.05) is 0 Å². The summed E-state index contributed by atoms with van der Waals surface area (Å²) in [5.74, 6) is -0.409. The molecule has 3 rings (SSSR count). The minimum Gasteiger partial charge on any atom is -0.319 e. The predicted octanol–water partition coefficient (Wildman–Crippen LogP) is 2.83. The average molecular weight is 372 g/mol. The fourth-order valence-corrected chi connectivity index (χ4v) is 5.15.